The summed E-state index contributed by atoms with van der Waals surface area (Å²) in [5.41, 5.74) is 5.66. The molecule has 1 amide bonds. The second-order valence-corrected chi connectivity index (χ2v) is 9.67. The molecule has 7 nitrogen and oxygen atoms in total. The fourth-order valence-corrected chi connectivity index (χ4v) is 5.13. The van der Waals surface area contributed by atoms with Gasteiger partial charge in [0.25, 0.3) is 5.91 Å². The first-order valence-electron chi connectivity index (χ1n) is 11.6. The van der Waals surface area contributed by atoms with Crippen molar-refractivity contribution >= 4 is 50.7 Å². The normalized spacial score (nSPS) is 16.7. The van der Waals surface area contributed by atoms with Crippen molar-refractivity contribution in [3.8, 4) is 5.75 Å². The topological polar surface area (TPSA) is 83.0 Å². The highest BCUT2D eigenvalue weighted by atomic mass is 32.2. The zero-order valence-electron chi connectivity index (χ0n) is 20.3. The third kappa shape index (κ3) is 4.18. The van der Waals surface area contributed by atoms with E-state index in [0.717, 1.165) is 39.4 Å². The molecular weight excluding hydrogens is 458 g/mol. The highest BCUT2D eigenvalue weighted by Crippen LogP contribution is 2.32. The number of aryl methyl sites for hydroxylation is 2. The van der Waals surface area contributed by atoms with Gasteiger partial charge in [-0.15, -0.1) is 0 Å². The molecule has 1 N–H and O–H groups in total. The van der Waals surface area contributed by atoms with E-state index in [1.54, 1.807) is 6.08 Å². The lowest BCUT2D eigenvalue weighted by Gasteiger charge is -2.20. The van der Waals surface area contributed by atoms with Gasteiger partial charge < -0.3 is 9.30 Å². The van der Waals surface area contributed by atoms with Crippen LogP contribution in [0.1, 0.15) is 35.7 Å². The second kappa shape index (κ2) is 9.19. The summed E-state index contributed by atoms with van der Waals surface area (Å²) < 4.78 is 8.25. The molecule has 3 aromatic rings. The van der Waals surface area contributed by atoms with Crippen molar-refractivity contribution in [3.63, 3.8) is 0 Å². The van der Waals surface area contributed by atoms with Crippen molar-refractivity contribution in [1.82, 2.24) is 9.58 Å². The van der Waals surface area contributed by atoms with Gasteiger partial charge in [-0.05, 0) is 74.4 Å². The number of fused-ring (bicyclic) bond motifs is 2. The number of aromatic nitrogens is 1. The van der Waals surface area contributed by atoms with E-state index in [1.807, 2.05) is 38.1 Å². The molecule has 0 saturated carbocycles. The van der Waals surface area contributed by atoms with Gasteiger partial charge in [0.2, 0.25) is 5.17 Å². The van der Waals surface area contributed by atoms with Crippen LogP contribution in [0.3, 0.4) is 0 Å². The zero-order valence-corrected chi connectivity index (χ0v) is 21.1. The number of benzene rings is 2. The molecule has 0 unspecified atom stereocenters. The van der Waals surface area contributed by atoms with E-state index in [0.29, 0.717) is 18.3 Å². The van der Waals surface area contributed by atoms with Gasteiger partial charge in [0.05, 0.1) is 12.1 Å². The van der Waals surface area contributed by atoms with E-state index >= 15 is 0 Å². The number of hydrogen-bond acceptors (Lipinski definition) is 5. The molecule has 2 aliphatic rings. The molecule has 3 heterocycles. The predicted octanol–water partition coefficient (Wildman–Crippen LogP) is 5.67. The monoisotopic (exact) mass is 485 g/mol. The van der Waals surface area contributed by atoms with Gasteiger partial charge in [0, 0.05) is 22.2 Å². The number of rotatable bonds is 6. The smallest absolute Gasteiger partial charge is 0.283 e. The van der Waals surface area contributed by atoms with Gasteiger partial charge in [-0.2, -0.15) is 15.1 Å². The number of ether oxygens (including phenoxy) is 1. The Hall–Kier alpha value is -3.65. The molecule has 0 aliphatic carbocycles. The number of amidine groups is 2. The van der Waals surface area contributed by atoms with Gasteiger partial charge in [-0.25, -0.2) is 0 Å². The number of carbonyl (C=O) groups excluding carboxylic acids is 1. The van der Waals surface area contributed by atoms with Crippen LogP contribution in [0.4, 0.5) is 0 Å². The molecule has 0 bridgehead atoms. The van der Waals surface area contributed by atoms with Gasteiger partial charge in [0.1, 0.15) is 17.4 Å². The Morgan fingerprint density at radius 1 is 1.11 bits per heavy atom. The maximum absolute atomic E-state index is 12.9. The minimum Gasteiger partial charge on any atom is -0.492 e. The van der Waals surface area contributed by atoms with Gasteiger partial charge >= 0.3 is 0 Å². The van der Waals surface area contributed by atoms with Crippen molar-refractivity contribution < 1.29 is 9.53 Å². The van der Waals surface area contributed by atoms with Crippen LogP contribution in [0, 0.1) is 26.2 Å². The van der Waals surface area contributed by atoms with Crippen molar-refractivity contribution in [3.05, 3.63) is 70.4 Å². The van der Waals surface area contributed by atoms with E-state index in [-0.39, 0.29) is 11.4 Å². The number of thioether (sulfide) groups is 1. The molecule has 0 radical (unpaired) electrons. The lowest BCUT2D eigenvalue weighted by molar-refractivity contribution is -0.114. The molecule has 2 aliphatic heterocycles. The maximum Gasteiger partial charge on any atom is 0.283 e. The zero-order chi connectivity index (χ0) is 24.7. The molecule has 0 saturated heterocycles. The first kappa shape index (κ1) is 23.1. The summed E-state index contributed by atoms with van der Waals surface area (Å²) >= 11 is 1.35. The minimum atomic E-state index is -0.407. The summed E-state index contributed by atoms with van der Waals surface area (Å²) in [5, 5.41) is 16.9. The van der Waals surface area contributed by atoms with Crippen LogP contribution in [0.5, 0.6) is 5.75 Å². The third-order valence-corrected chi connectivity index (χ3v) is 7.48. The molecule has 2 aromatic carbocycles. The highest BCUT2D eigenvalue weighted by molar-refractivity contribution is 8.26. The van der Waals surface area contributed by atoms with Crippen LogP contribution < -0.4 is 4.74 Å². The maximum atomic E-state index is 12.9. The van der Waals surface area contributed by atoms with Crippen LogP contribution in [0.15, 0.2) is 58.1 Å². The Morgan fingerprint density at radius 2 is 1.91 bits per heavy atom. The minimum absolute atomic E-state index is 0.0604. The number of nitrogens with zero attached hydrogens (tertiary/aromatic N) is 4. The highest BCUT2D eigenvalue weighted by Gasteiger charge is 2.35. The van der Waals surface area contributed by atoms with Gasteiger partial charge in [0.15, 0.2) is 5.84 Å². The van der Waals surface area contributed by atoms with Crippen LogP contribution in [0.2, 0.25) is 0 Å². The number of hydrazone groups is 1. The summed E-state index contributed by atoms with van der Waals surface area (Å²) in [6.07, 6.45) is 2.52. The summed E-state index contributed by atoms with van der Waals surface area (Å²) in [5.74, 6) is 0.510. The number of para-hydroxylation sites is 1. The van der Waals surface area contributed by atoms with Gasteiger partial charge in [-0.1, -0.05) is 31.2 Å². The Labute approximate surface area is 208 Å². The van der Waals surface area contributed by atoms with E-state index < -0.39 is 5.91 Å². The fourth-order valence-electron chi connectivity index (χ4n) is 4.31. The van der Waals surface area contributed by atoms with Crippen molar-refractivity contribution in [2.75, 3.05) is 6.61 Å². The molecule has 0 fully saturated rings. The van der Waals surface area contributed by atoms with Crippen LogP contribution in [0.25, 0.3) is 17.0 Å². The molecule has 1 aromatic heterocycles. The Bertz CT molecular complexity index is 1460. The number of aliphatic imine (C=N–C) groups is 1. The molecular formula is C27H27N5O2S. The van der Waals surface area contributed by atoms with Crippen LogP contribution >= 0.6 is 11.8 Å². The molecule has 0 atom stereocenters. The molecule has 35 heavy (non-hydrogen) atoms. The van der Waals surface area contributed by atoms with E-state index in [1.165, 1.54) is 27.9 Å². The number of amides is 1. The van der Waals surface area contributed by atoms with Crippen molar-refractivity contribution in [2.45, 2.75) is 40.7 Å². The number of nitrogens with one attached hydrogen (secondary N) is 1. The third-order valence-electron chi connectivity index (χ3n) is 6.43. The Balaban J connectivity index is 1.47. The first-order valence-corrected chi connectivity index (χ1v) is 12.5. The standard InChI is InChI=1S/C27H27N5O2S/c1-5-24-30-32-25(28)22(26(33)29-27(32)35-24)15-21-18(4)31(23-9-7-6-8-20(21)23)12-13-34-19-11-10-16(2)17(3)14-19/h6-11,14-15,28H,5,12-13H2,1-4H3. The van der Waals surface area contributed by atoms with Crippen molar-refractivity contribution in [2.24, 2.45) is 10.1 Å². The lowest BCUT2D eigenvalue weighted by Crippen LogP contribution is -2.35. The lowest BCUT2D eigenvalue weighted by atomic mass is 10.1. The fraction of sp³-hybridized carbons (Fsp3) is 0.259. The predicted molar refractivity (Wildman–Crippen MR) is 143 cm³/mol. The number of carbonyl (C=O) groups is 1. The molecule has 8 heteroatoms. The largest absolute Gasteiger partial charge is 0.492 e. The van der Waals surface area contributed by atoms with E-state index in [4.69, 9.17) is 10.1 Å². The average molecular weight is 486 g/mol. The van der Waals surface area contributed by atoms with Crippen LogP contribution in [-0.2, 0) is 11.3 Å². The summed E-state index contributed by atoms with van der Waals surface area (Å²) in [4.78, 5) is 17.1. The average Bonchev–Trinajstić information content (AvgIpc) is 3.38. The summed E-state index contributed by atoms with van der Waals surface area (Å²) in [7, 11) is 0. The summed E-state index contributed by atoms with van der Waals surface area (Å²) in [6, 6.07) is 14.2. The van der Waals surface area contributed by atoms with Gasteiger partial charge in [-0.3, -0.25) is 10.2 Å². The van der Waals surface area contributed by atoms with E-state index in [9.17, 15) is 4.79 Å². The second-order valence-electron chi connectivity index (χ2n) is 8.63. The molecule has 178 valence electrons. The molecule has 0 spiro atoms. The quantitative estimate of drug-likeness (QED) is 0.456. The van der Waals surface area contributed by atoms with Crippen LogP contribution in [-0.4, -0.2) is 38.1 Å². The van der Waals surface area contributed by atoms with E-state index in [2.05, 4.69) is 46.7 Å². The molecule has 5 rings (SSSR count). The Morgan fingerprint density at radius 3 is 2.69 bits per heavy atom. The summed E-state index contributed by atoms with van der Waals surface area (Å²) in [6.45, 7) is 9.37. The number of hydrogen-bond donors (Lipinski definition) is 1. The van der Waals surface area contributed by atoms with Crippen molar-refractivity contribution in [1.29, 1.82) is 5.41 Å². The SMILES string of the molecule is CCC1=NN2C(=N)C(=Cc3c(C)n(CCOc4ccc(C)c(C)c4)c4ccccc34)C(=O)N=C2S1. The Kier molecular flexibility index (Phi) is 6.06. The first-order chi connectivity index (χ1) is 16.9.